The summed E-state index contributed by atoms with van der Waals surface area (Å²) in [6.45, 7) is 2.59. The highest BCUT2D eigenvalue weighted by atomic mass is 16.6. The van der Waals surface area contributed by atoms with Crippen molar-refractivity contribution >= 4 is 17.1 Å². The Morgan fingerprint density at radius 2 is 2.15 bits per heavy atom. The number of nitro groups is 1. The van der Waals surface area contributed by atoms with Gasteiger partial charge in [-0.15, -0.1) is 0 Å². The molecule has 0 saturated carbocycles. The lowest BCUT2D eigenvalue weighted by Crippen LogP contribution is -2.22. The van der Waals surface area contributed by atoms with Crippen molar-refractivity contribution in [3.63, 3.8) is 0 Å². The highest BCUT2D eigenvalue weighted by Crippen LogP contribution is 2.32. The summed E-state index contributed by atoms with van der Waals surface area (Å²) < 4.78 is 1.78. The van der Waals surface area contributed by atoms with E-state index in [0.29, 0.717) is 17.9 Å². The quantitative estimate of drug-likeness (QED) is 0.624. The van der Waals surface area contributed by atoms with Gasteiger partial charge >= 0.3 is 5.69 Å². The summed E-state index contributed by atoms with van der Waals surface area (Å²) in [7, 11) is 1.67. The van der Waals surface area contributed by atoms with Crippen molar-refractivity contribution in [2.75, 3.05) is 17.7 Å². The molecule has 1 heterocycles. The second-order valence-corrected chi connectivity index (χ2v) is 4.48. The van der Waals surface area contributed by atoms with Crippen molar-refractivity contribution in [1.82, 2.24) is 9.78 Å². The molecule has 0 aliphatic rings. The van der Waals surface area contributed by atoms with Crippen LogP contribution in [0.4, 0.5) is 17.1 Å². The summed E-state index contributed by atoms with van der Waals surface area (Å²) in [4.78, 5) is 10.8. The number of hydrogen-bond acceptors (Lipinski definition) is 5. The maximum Gasteiger partial charge on any atom is 0.315 e. The van der Waals surface area contributed by atoms with Crippen LogP contribution in [0.25, 0.3) is 0 Å². The fourth-order valence-electron chi connectivity index (χ4n) is 2.06. The van der Waals surface area contributed by atoms with E-state index < -0.39 is 0 Å². The fourth-order valence-corrected chi connectivity index (χ4v) is 2.06. The zero-order valence-corrected chi connectivity index (χ0v) is 11.4. The van der Waals surface area contributed by atoms with E-state index in [-0.39, 0.29) is 16.7 Å². The second-order valence-electron chi connectivity index (χ2n) is 4.48. The first-order chi connectivity index (χ1) is 9.61. The number of rotatable bonds is 6. The summed E-state index contributed by atoms with van der Waals surface area (Å²) >= 11 is 0. The highest BCUT2D eigenvalue weighted by Gasteiger charge is 2.20. The van der Waals surface area contributed by atoms with Gasteiger partial charge in [-0.2, -0.15) is 5.10 Å². The van der Waals surface area contributed by atoms with E-state index in [1.54, 1.807) is 36.1 Å². The minimum atomic E-state index is -0.380. The lowest BCUT2D eigenvalue weighted by molar-refractivity contribution is -0.383. The minimum absolute atomic E-state index is 0.0145. The Bertz CT molecular complexity index is 582. The van der Waals surface area contributed by atoms with Crippen LogP contribution < -0.4 is 10.6 Å². The second kappa shape index (κ2) is 6.05. The van der Waals surface area contributed by atoms with Crippen molar-refractivity contribution in [2.24, 2.45) is 0 Å². The Labute approximate surface area is 116 Å². The maximum atomic E-state index is 11.2. The van der Waals surface area contributed by atoms with Gasteiger partial charge in [0.05, 0.1) is 11.5 Å². The van der Waals surface area contributed by atoms with E-state index in [1.807, 2.05) is 19.2 Å². The van der Waals surface area contributed by atoms with Gasteiger partial charge in [-0.25, -0.2) is 0 Å². The third kappa shape index (κ3) is 3.05. The molecule has 7 nitrogen and oxygen atoms in total. The number of hydrogen-bond donors (Lipinski definition) is 2. The number of nitro benzene ring substituents is 1. The molecule has 0 amide bonds. The minimum Gasteiger partial charge on any atom is -0.382 e. The van der Waals surface area contributed by atoms with Gasteiger partial charge in [-0.3, -0.25) is 14.8 Å². The normalized spacial score (nSPS) is 11.9. The molecule has 2 aromatic rings. The summed E-state index contributed by atoms with van der Waals surface area (Å²) in [5.41, 5.74) is 1.05. The molecule has 0 aliphatic heterocycles. The zero-order chi connectivity index (χ0) is 14.5. The van der Waals surface area contributed by atoms with Crippen LogP contribution in [0.5, 0.6) is 0 Å². The van der Waals surface area contributed by atoms with Crippen LogP contribution in [0.2, 0.25) is 0 Å². The smallest absolute Gasteiger partial charge is 0.315 e. The molecule has 1 aromatic carbocycles. The monoisotopic (exact) mass is 275 g/mol. The van der Waals surface area contributed by atoms with Crippen molar-refractivity contribution < 1.29 is 4.92 Å². The molecule has 1 aromatic heterocycles. The predicted molar refractivity (Wildman–Crippen MR) is 78.0 cm³/mol. The summed E-state index contributed by atoms with van der Waals surface area (Å²) in [5.74, 6) is 0. The predicted octanol–water partition coefficient (Wildman–Crippen LogP) is 2.33. The molecule has 2 rings (SSSR count). The molecule has 0 spiro atoms. The van der Waals surface area contributed by atoms with E-state index in [1.165, 1.54) is 0 Å². The van der Waals surface area contributed by atoms with Gasteiger partial charge < -0.3 is 10.6 Å². The largest absolute Gasteiger partial charge is 0.382 e. The van der Waals surface area contributed by atoms with Gasteiger partial charge in [0.15, 0.2) is 0 Å². The molecule has 1 atom stereocenters. The van der Waals surface area contributed by atoms with Crippen molar-refractivity contribution in [3.8, 4) is 0 Å². The standard InChI is InChI=1S/C13H17N5O2/c1-10(9-17-8-4-7-15-17)16-12-6-3-5-11(14-2)13(12)18(19)20/h3-8,10,14,16H,9H2,1-2H3. The number of nitrogens with one attached hydrogen (secondary N) is 2. The number of aromatic nitrogens is 2. The average molecular weight is 275 g/mol. The molecule has 0 aliphatic carbocycles. The molecule has 2 N–H and O–H groups in total. The topological polar surface area (TPSA) is 85.0 Å². The molecular formula is C13H17N5O2. The average Bonchev–Trinajstić information content (AvgIpc) is 2.90. The maximum absolute atomic E-state index is 11.2. The van der Waals surface area contributed by atoms with Gasteiger partial charge in [0, 0.05) is 25.5 Å². The number of benzene rings is 1. The van der Waals surface area contributed by atoms with Crippen molar-refractivity contribution in [1.29, 1.82) is 0 Å². The van der Waals surface area contributed by atoms with Crippen LogP contribution in [0.15, 0.2) is 36.7 Å². The van der Waals surface area contributed by atoms with Crippen molar-refractivity contribution in [3.05, 3.63) is 46.8 Å². The zero-order valence-electron chi connectivity index (χ0n) is 11.4. The van der Waals surface area contributed by atoms with Gasteiger partial charge in [0.25, 0.3) is 0 Å². The Morgan fingerprint density at radius 1 is 1.40 bits per heavy atom. The highest BCUT2D eigenvalue weighted by molar-refractivity contribution is 5.76. The van der Waals surface area contributed by atoms with Gasteiger partial charge in [-0.1, -0.05) is 6.07 Å². The first-order valence-corrected chi connectivity index (χ1v) is 6.31. The number of nitrogens with zero attached hydrogens (tertiary/aromatic N) is 3. The number of anilines is 2. The van der Waals surface area contributed by atoms with Crippen LogP contribution in [0, 0.1) is 10.1 Å². The van der Waals surface area contributed by atoms with Gasteiger partial charge in [0.1, 0.15) is 11.4 Å². The lowest BCUT2D eigenvalue weighted by Gasteiger charge is -2.16. The molecule has 0 saturated heterocycles. The van der Waals surface area contributed by atoms with Crippen molar-refractivity contribution in [2.45, 2.75) is 19.5 Å². The third-order valence-corrected chi connectivity index (χ3v) is 2.91. The Balaban J connectivity index is 2.18. The first-order valence-electron chi connectivity index (χ1n) is 6.31. The van der Waals surface area contributed by atoms with Crippen LogP contribution in [-0.4, -0.2) is 27.8 Å². The third-order valence-electron chi connectivity index (χ3n) is 2.91. The summed E-state index contributed by atoms with van der Waals surface area (Å²) in [5, 5.41) is 21.3. The molecular weight excluding hydrogens is 258 g/mol. The molecule has 20 heavy (non-hydrogen) atoms. The van der Waals surface area contributed by atoms with Gasteiger partial charge in [0.2, 0.25) is 0 Å². The molecule has 0 radical (unpaired) electrons. The molecule has 0 bridgehead atoms. The Morgan fingerprint density at radius 3 is 2.75 bits per heavy atom. The van der Waals surface area contributed by atoms with Gasteiger partial charge in [-0.05, 0) is 25.1 Å². The van der Waals surface area contributed by atoms with E-state index >= 15 is 0 Å². The van der Waals surface area contributed by atoms with E-state index in [4.69, 9.17) is 0 Å². The summed E-state index contributed by atoms with van der Waals surface area (Å²) in [6, 6.07) is 7.03. The van der Waals surface area contributed by atoms with Crippen LogP contribution in [0.1, 0.15) is 6.92 Å². The van der Waals surface area contributed by atoms with E-state index in [9.17, 15) is 10.1 Å². The van der Waals surface area contributed by atoms with Crippen LogP contribution in [0.3, 0.4) is 0 Å². The van der Waals surface area contributed by atoms with E-state index in [2.05, 4.69) is 15.7 Å². The van der Waals surface area contributed by atoms with Crippen LogP contribution >= 0.6 is 0 Å². The number of para-hydroxylation sites is 1. The lowest BCUT2D eigenvalue weighted by atomic mass is 10.2. The summed E-state index contributed by atoms with van der Waals surface area (Å²) in [6.07, 6.45) is 3.56. The fraction of sp³-hybridized carbons (Fsp3) is 0.308. The molecule has 106 valence electrons. The Kier molecular flexibility index (Phi) is 4.19. The molecule has 1 unspecified atom stereocenters. The Hall–Kier alpha value is -2.57. The molecule has 7 heteroatoms. The van der Waals surface area contributed by atoms with Crippen LogP contribution in [-0.2, 0) is 6.54 Å². The molecule has 0 fully saturated rings. The first kappa shape index (κ1) is 13.9. The SMILES string of the molecule is CNc1cccc(NC(C)Cn2cccn2)c1[N+](=O)[O-]. The van der Waals surface area contributed by atoms with E-state index in [0.717, 1.165) is 0 Å².